The standard InChI is InChI=1S/C13H17FN2O2/c1-2-16(12-6-4-3-5-11(12)14)13(17)15-10-7-8-18-9-10/h3-6,10H,2,7-9H2,1H3,(H,15,17). The van der Waals surface area contributed by atoms with Crippen molar-refractivity contribution in [3.05, 3.63) is 30.1 Å². The molecule has 1 aliphatic rings. The first kappa shape index (κ1) is 12.8. The van der Waals surface area contributed by atoms with E-state index in [0.29, 0.717) is 25.4 Å². The average Bonchev–Trinajstić information content (AvgIpc) is 2.85. The summed E-state index contributed by atoms with van der Waals surface area (Å²) in [6.07, 6.45) is 0.806. The van der Waals surface area contributed by atoms with E-state index in [4.69, 9.17) is 4.74 Å². The maximum absolute atomic E-state index is 13.7. The number of benzene rings is 1. The van der Waals surface area contributed by atoms with Gasteiger partial charge in [-0.25, -0.2) is 9.18 Å². The molecule has 1 saturated heterocycles. The summed E-state index contributed by atoms with van der Waals surface area (Å²) in [7, 11) is 0. The molecule has 0 aliphatic carbocycles. The highest BCUT2D eigenvalue weighted by Crippen LogP contribution is 2.18. The Morgan fingerprint density at radius 3 is 2.94 bits per heavy atom. The largest absolute Gasteiger partial charge is 0.379 e. The molecule has 2 rings (SSSR count). The van der Waals surface area contributed by atoms with E-state index in [9.17, 15) is 9.18 Å². The van der Waals surface area contributed by atoms with Crippen LogP contribution in [-0.2, 0) is 4.74 Å². The number of halogens is 1. The molecule has 18 heavy (non-hydrogen) atoms. The number of hydrogen-bond donors (Lipinski definition) is 1. The van der Waals surface area contributed by atoms with Crippen LogP contribution >= 0.6 is 0 Å². The van der Waals surface area contributed by atoms with Gasteiger partial charge in [0.25, 0.3) is 0 Å². The van der Waals surface area contributed by atoms with Crippen molar-refractivity contribution >= 4 is 11.7 Å². The highest BCUT2D eigenvalue weighted by atomic mass is 19.1. The van der Waals surface area contributed by atoms with Gasteiger partial charge in [0, 0.05) is 13.2 Å². The van der Waals surface area contributed by atoms with Crippen LogP contribution in [0, 0.1) is 5.82 Å². The molecule has 1 aromatic carbocycles. The maximum atomic E-state index is 13.7. The van der Waals surface area contributed by atoms with E-state index in [1.54, 1.807) is 18.2 Å². The van der Waals surface area contributed by atoms with Gasteiger partial charge in [0.05, 0.1) is 18.3 Å². The van der Waals surface area contributed by atoms with Crippen LogP contribution < -0.4 is 10.2 Å². The lowest BCUT2D eigenvalue weighted by molar-refractivity contribution is 0.189. The zero-order chi connectivity index (χ0) is 13.0. The number of nitrogens with zero attached hydrogens (tertiary/aromatic N) is 1. The van der Waals surface area contributed by atoms with E-state index >= 15 is 0 Å². The minimum atomic E-state index is -0.392. The van der Waals surface area contributed by atoms with E-state index in [0.717, 1.165) is 6.42 Å². The van der Waals surface area contributed by atoms with E-state index < -0.39 is 5.82 Å². The summed E-state index contributed by atoms with van der Waals surface area (Å²) >= 11 is 0. The van der Waals surface area contributed by atoms with Gasteiger partial charge < -0.3 is 10.1 Å². The lowest BCUT2D eigenvalue weighted by Gasteiger charge is -2.23. The molecule has 5 heteroatoms. The molecule has 1 aromatic rings. The minimum Gasteiger partial charge on any atom is -0.379 e. The van der Waals surface area contributed by atoms with Gasteiger partial charge in [-0.15, -0.1) is 0 Å². The third-order valence-electron chi connectivity index (χ3n) is 2.96. The molecule has 1 atom stereocenters. The van der Waals surface area contributed by atoms with Crippen molar-refractivity contribution in [3.8, 4) is 0 Å². The van der Waals surface area contributed by atoms with Crippen LogP contribution in [0.25, 0.3) is 0 Å². The van der Waals surface area contributed by atoms with Gasteiger partial charge >= 0.3 is 6.03 Å². The molecule has 1 aliphatic heterocycles. The van der Waals surface area contributed by atoms with Gasteiger partial charge in [-0.05, 0) is 25.5 Å². The first-order valence-electron chi connectivity index (χ1n) is 6.12. The van der Waals surface area contributed by atoms with Crippen molar-refractivity contribution in [1.82, 2.24) is 5.32 Å². The van der Waals surface area contributed by atoms with Crippen LogP contribution in [0.2, 0.25) is 0 Å². The number of anilines is 1. The molecule has 1 N–H and O–H groups in total. The lowest BCUT2D eigenvalue weighted by Crippen LogP contribution is -2.45. The summed E-state index contributed by atoms with van der Waals surface area (Å²) in [5.41, 5.74) is 0.302. The van der Waals surface area contributed by atoms with Crippen LogP contribution in [0.3, 0.4) is 0 Å². The van der Waals surface area contributed by atoms with Gasteiger partial charge in [0.15, 0.2) is 0 Å². The van der Waals surface area contributed by atoms with Gasteiger partial charge in [-0.2, -0.15) is 0 Å². The topological polar surface area (TPSA) is 41.6 Å². The fourth-order valence-corrected chi connectivity index (χ4v) is 1.99. The second-order valence-corrected chi connectivity index (χ2v) is 4.21. The van der Waals surface area contributed by atoms with Crippen LogP contribution in [0.5, 0.6) is 0 Å². The molecule has 4 nitrogen and oxygen atoms in total. The molecule has 1 unspecified atom stereocenters. The highest BCUT2D eigenvalue weighted by molar-refractivity contribution is 5.92. The molecule has 0 radical (unpaired) electrons. The Morgan fingerprint density at radius 2 is 2.33 bits per heavy atom. The first-order chi connectivity index (χ1) is 8.72. The van der Waals surface area contributed by atoms with Crippen LogP contribution in [0.4, 0.5) is 14.9 Å². The van der Waals surface area contributed by atoms with E-state index in [1.165, 1.54) is 11.0 Å². The molecular weight excluding hydrogens is 235 g/mol. The minimum absolute atomic E-state index is 0.0262. The Bertz CT molecular complexity index is 419. The van der Waals surface area contributed by atoms with Gasteiger partial charge in [0.2, 0.25) is 0 Å². The number of rotatable bonds is 3. The summed E-state index contributed by atoms with van der Waals surface area (Å²) < 4.78 is 18.8. The summed E-state index contributed by atoms with van der Waals surface area (Å²) in [6.45, 7) is 3.43. The molecule has 0 bridgehead atoms. The van der Waals surface area contributed by atoms with Crippen LogP contribution in [0.15, 0.2) is 24.3 Å². The number of nitrogens with one attached hydrogen (secondary N) is 1. The predicted octanol–water partition coefficient (Wildman–Crippen LogP) is 2.15. The molecule has 98 valence electrons. The van der Waals surface area contributed by atoms with Gasteiger partial charge in [-0.3, -0.25) is 4.90 Å². The third kappa shape index (κ3) is 2.79. The number of carbonyl (C=O) groups is 1. The highest BCUT2D eigenvalue weighted by Gasteiger charge is 2.22. The van der Waals surface area contributed by atoms with Crippen molar-refractivity contribution in [2.75, 3.05) is 24.7 Å². The van der Waals surface area contributed by atoms with E-state index in [-0.39, 0.29) is 12.1 Å². The number of carbonyl (C=O) groups excluding carboxylic acids is 1. The zero-order valence-corrected chi connectivity index (χ0v) is 10.4. The molecular formula is C13H17FN2O2. The van der Waals surface area contributed by atoms with E-state index in [1.807, 2.05) is 6.92 Å². The summed E-state index contributed by atoms with van der Waals surface area (Å²) in [6, 6.07) is 6.02. The second kappa shape index (κ2) is 5.82. The fraction of sp³-hybridized carbons (Fsp3) is 0.462. The Kier molecular flexibility index (Phi) is 4.15. The second-order valence-electron chi connectivity index (χ2n) is 4.21. The Balaban J connectivity index is 2.08. The first-order valence-corrected chi connectivity index (χ1v) is 6.12. The van der Waals surface area contributed by atoms with Gasteiger partial charge in [-0.1, -0.05) is 12.1 Å². The molecule has 0 aromatic heterocycles. The van der Waals surface area contributed by atoms with Crippen molar-refractivity contribution in [3.63, 3.8) is 0 Å². The summed E-state index contributed by atoms with van der Waals surface area (Å²) in [4.78, 5) is 13.5. The number of urea groups is 1. The van der Waals surface area contributed by atoms with Crippen molar-refractivity contribution < 1.29 is 13.9 Å². The van der Waals surface area contributed by atoms with E-state index in [2.05, 4.69) is 5.32 Å². The Labute approximate surface area is 106 Å². The maximum Gasteiger partial charge on any atom is 0.322 e. The van der Waals surface area contributed by atoms with Crippen LogP contribution in [0.1, 0.15) is 13.3 Å². The average molecular weight is 252 g/mol. The molecule has 0 spiro atoms. The molecule has 1 fully saturated rings. The Hall–Kier alpha value is -1.62. The number of ether oxygens (including phenoxy) is 1. The molecule has 0 saturated carbocycles. The molecule has 2 amide bonds. The monoisotopic (exact) mass is 252 g/mol. The quantitative estimate of drug-likeness (QED) is 0.895. The summed E-state index contributed by atoms with van der Waals surface area (Å²) in [5.74, 6) is -0.392. The van der Waals surface area contributed by atoms with Crippen molar-refractivity contribution in [2.45, 2.75) is 19.4 Å². The smallest absolute Gasteiger partial charge is 0.322 e. The fourth-order valence-electron chi connectivity index (χ4n) is 1.99. The Morgan fingerprint density at radius 1 is 1.56 bits per heavy atom. The van der Waals surface area contributed by atoms with Gasteiger partial charge in [0.1, 0.15) is 5.82 Å². The third-order valence-corrected chi connectivity index (χ3v) is 2.96. The lowest BCUT2D eigenvalue weighted by atomic mass is 10.2. The normalized spacial score (nSPS) is 18.7. The number of hydrogen-bond acceptors (Lipinski definition) is 2. The zero-order valence-electron chi connectivity index (χ0n) is 10.4. The SMILES string of the molecule is CCN(C(=O)NC1CCOC1)c1ccccc1F. The van der Waals surface area contributed by atoms with Crippen molar-refractivity contribution in [2.24, 2.45) is 0 Å². The number of amides is 2. The molecule has 1 heterocycles. The van der Waals surface area contributed by atoms with Crippen LogP contribution in [-0.4, -0.2) is 31.8 Å². The number of para-hydroxylation sites is 1. The van der Waals surface area contributed by atoms with Crippen molar-refractivity contribution in [1.29, 1.82) is 0 Å². The predicted molar refractivity (Wildman–Crippen MR) is 67.2 cm³/mol. The summed E-state index contributed by atoms with van der Waals surface area (Å²) in [5, 5.41) is 2.85.